The minimum absolute atomic E-state index is 0.427. The van der Waals surface area contributed by atoms with Gasteiger partial charge in [-0.1, -0.05) is 0 Å². The lowest BCUT2D eigenvalue weighted by molar-refractivity contribution is -0.141. The van der Waals surface area contributed by atoms with Crippen molar-refractivity contribution in [1.82, 2.24) is 10.2 Å². The summed E-state index contributed by atoms with van der Waals surface area (Å²) in [6.07, 6.45) is 2.24. The highest BCUT2D eigenvalue weighted by molar-refractivity contribution is 5.86. The van der Waals surface area contributed by atoms with Crippen LogP contribution in [0.25, 0.3) is 0 Å². The van der Waals surface area contributed by atoms with Gasteiger partial charge >= 0.3 is 12.0 Å². The Balaban J connectivity index is 2.65. The second-order valence-electron chi connectivity index (χ2n) is 4.97. The zero-order valence-corrected chi connectivity index (χ0v) is 11.3. The summed E-state index contributed by atoms with van der Waals surface area (Å²) in [5.74, 6) is -2.19. The minimum Gasteiger partial charge on any atom is -0.481 e. The van der Waals surface area contributed by atoms with Crippen LogP contribution in [0.3, 0.4) is 0 Å². The van der Waals surface area contributed by atoms with Gasteiger partial charge < -0.3 is 21.1 Å². The third-order valence-corrected chi connectivity index (χ3v) is 3.58. The van der Waals surface area contributed by atoms with E-state index in [1.165, 1.54) is 11.8 Å². The maximum absolute atomic E-state index is 12.1. The van der Waals surface area contributed by atoms with Gasteiger partial charge in [0.1, 0.15) is 6.04 Å². The normalized spacial score (nSPS) is 22.4. The minimum atomic E-state index is -0.974. The van der Waals surface area contributed by atoms with Gasteiger partial charge in [0.05, 0.1) is 5.92 Å². The van der Waals surface area contributed by atoms with Crippen LogP contribution in [-0.4, -0.2) is 46.5 Å². The summed E-state index contributed by atoms with van der Waals surface area (Å²) < 4.78 is 0. The number of likely N-dealkylation sites (tertiary alicyclic amines) is 1. The van der Waals surface area contributed by atoms with Crippen molar-refractivity contribution in [2.45, 2.75) is 45.2 Å². The Morgan fingerprint density at radius 2 is 1.95 bits per heavy atom. The molecule has 0 saturated carbocycles. The van der Waals surface area contributed by atoms with Gasteiger partial charge in [-0.05, 0) is 33.1 Å². The molecule has 7 heteroatoms. The molecule has 108 valence electrons. The van der Waals surface area contributed by atoms with Gasteiger partial charge in [0, 0.05) is 12.6 Å². The molecule has 19 heavy (non-hydrogen) atoms. The third-order valence-electron chi connectivity index (χ3n) is 3.58. The summed E-state index contributed by atoms with van der Waals surface area (Å²) >= 11 is 0. The fraction of sp³-hybridized carbons (Fsp3) is 0.750. The van der Waals surface area contributed by atoms with Gasteiger partial charge in [0.15, 0.2) is 0 Å². The van der Waals surface area contributed by atoms with Crippen LogP contribution in [0.1, 0.15) is 33.1 Å². The average Bonchev–Trinajstić information content (AvgIpc) is 2.37. The quantitative estimate of drug-likeness (QED) is 0.675. The lowest BCUT2D eigenvalue weighted by Gasteiger charge is -2.34. The molecule has 1 saturated heterocycles. The van der Waals surface area contributed by atoms with E-state index in [9.17, 15) is 14.4 Å². The Labute approximate surface area is 112 Å². The highest BCUT2D eigenvalue weighted by Crippen LogP contribution is 2.17. The van der Waals surface area contributed by atoms with Gasteiger partial charge in [-0.3, -0.25) is 9.59 Å². The Morgan fingerprint density at radius 3 is 2.47 bits per heavy atom. The molecule has 0 bridgehead atoms. The van der Waals surface area contributed by atoms with Gasteiger partial charge in [0.25, 0.3) is 0 Å². The summed E-state index contributed by atoms with van der Waals surface area (Å²) in [5.41, 5.74) is 5.28. The largest absolute Gasteiger partial charge is 0.481 e. The van der Waals surface area contributed by atoms with Crippen molar-refractivity contribution in [2.24, 2.45) is 11.7 Å². The highest BCUT2D eigenvalue weighted by atomic mass is 16.4. The van der Waals surface area contributed by atoms with Crippen LogP contribution in [-0.2, 0) is 9.59 Å². The average molecular weight is 271 g/mol. The van der Waals surface area contributed by atoms with Crippen LogP contribution in [0, 0.1) is 5.92 Å². The van der Waals surface area contributed by atoms with Crippen LogP contribution in [0.5, 0.6) is 0 Å². The molecule has 0 spiro atoms. The van der Waals surface area contributed by atoms with Crippen molar-refractivity contribution >= 4 is 17.9 Å². The summed E-state index contributed by atoms with van der Waals surface area (Å²) in [6.45, 7) is 3.61. The van der Waals surface area contributed by atoms with E-state index in [1.54, 1.807) is 6.92 Å². The molecular formula is C12H21N3O4. The molecule has 1 aliphatic heterocycles. The number of amides is 3. The molecule has 7 nitrogen and oxygen atoms in total. The predicted molar refractivity (Wildman–Crippen MR) is 68.3 cm³/mol. The number of urea groups is 1. The Kier molecular flexibility index (Phi) is 5.14. The first-order valence-electron chi connectivity index (χ1n) is 6.43. The zero-order chi connectivity index (χ0) is 14.6. The number of carboxylic acid groups (broad SMARTS) is 1. The third kappa shape index (κ3) is 3.84. The molecule has 0 aliphatic carbocycles. The number of primary amides is 1. The van der Waals surface area contributed by atoms with Crippen molar-refractivity contribution in [1.29, 1.82) is 0 Å². The molecule has 1 aliphatic rings. The Morgan fingerprint density at radius 1 is 1.32 bits per heavy atom. The van der Waals surface area contributed by atoms with Gasteiger partial charge in [-0.25, -0.2) is 4.79 Å². The van der Waals surface area contributed by atoms with Gasteiger partial charge in [0.2, 0.25) is 5.91 Å². The van der Waals surface area contributed by atoms with Gasteiger partial charge in [-0.15, -0.1) is 0 Å². The number of carbonyl (C=O) groups excluding carboxylic acids is 2. The summed E-state index contributed by atoms with van der Waals surface area (Å²) in [4.78, 5) is 35.6. The van der Waals surface area contributed by atoms with E-state index in [0.29, 0.717) is 13.0 Å². The van der Waals surface area contributed by atoms with E-state index in [1.807, 2.05) is 0 Å². The standard InChI is InChI=1S/C12H21N3O4/c1-7(11(17)18)8(2)14-12(19)15-6-4-3-5-9(15)10(13)16/h7-9H,3-6H2,1-2H3,(H2,13,16)(H,14,19)(H,17,18). The first-order chi connectivity index (χ1) is 8.84. The fourth-order valence-electron chi connectivity index (χ4n) is 2.09. The predicted octanol–water partition coefficient (Wildman–Crippen LogP) is 0.145. The molecule has 0 radical (unpaired) electrons. The van der Waals surface area contributed by atoms with E-state index in [2.05, 4.69) is 5.32 Å². The first kappa shape index (κ1) is 15.3. The van der Waals surface area contributed by atoms with Crippen LogP contribution in [0.4, 0.5) is 4.79 Å². The topological polar surface area (TPSA) is 113 Å². The number of carbonyl (C=O) groups is 3. The number of nitrogens with zero attached hydrogens (tertiary/aromatic N) is 1. The number of carboxylic acids is 1. The SMILES string of the molecule is CC(NC(=O)N1CCCCC1C(N)=O)C(C)C(=O)O. The number of rotatable bonds is 4. The number of nitrogens with one attached hydrogen (secondary N) is 1. The lowest BCUT2D eigenvalue weighted by Crippen LogP contribution is -2.56. The Hall–Kier alpha value is -1.79. The maximum atomic E-state index is 12.1. The van der Waals surface area contributed by atoms with Crippen LogP contribution in [0.2, 0.25) is 0 Å². The van der Waals surface area contributed by atoms with E-state index < -0.39 is 35.9 Å². The van der Waals surface area contributed by atoms with Crippen LogP contribution in [0.15, 0.2) is 0 Å². The number of aliphatic carboxylic acids is 1. The summed E-state index contributed by atoms with van der Waals surface area (Å²) in [7, 11) is 0. The maximum Gasteiger partial charge on any atom is 0.318 e. The molecule has 3 amide bonds. The number of piperidine rings is 1. The molecule has 0 aromatic carbocycles. The Bertz CT molecular complexity index is 372. The van der Waals surface area contributed by atoms with Crippen molar-refractivity contribution in [3.05, 3.63) is 0 Å². The molecular weight excluding hydrogens is 250 g/mol. The van der Waals surface area contributed by atoms with Crippen LogP contribution >= 0.6 is 0 Å². The summed E-state index contributed by atoms with van der Waals surface area (Å²) in [5, 5.41) is 11.5. The van der Waals surface area contributed by atoms with Crippen molar-refractivity contribution in [3.8, 4) is 0 Å². The van der Waals surface area contributed by atoms with Crippen molar-refractivity contribution in [3.63, 3.8) is 0 Å². The smallest absolute Gasteiger partial charge is 0.318 e. The second-order valence-corrected chi connectivity index (χ2v) is 4.97. The molecule has 1 rings (SSSR count). The zero-order valence-electron chi connectivity index (χ0n) is 11.3. The molecule has 3 unspecified atom stereocenters. The van der Waals surface area contributed by atoms with E-state index in [0.717, 1.165) is 12.8 Å². The van der Waals surface area contributed by atoms with Crippen LogP contribution < -0.4 is 11.1 Å². The molecule has 4 N–H and O–H groups in total. The van der Waals surface area contributed by atoms with Crippen molar-refractivity contribution in [2.75, 3.05) is 6.54 Å². The first-order valence-corrected chi connectivity index (χ1v) is 6.43. The highest BCUT2D eigenvalue weighted by Gasteiger charge is 2.32. The number of hydrogen-bond donors (Lipinski definition) is 3. The van der Waals surface area contributed by atoms with E-state index in [4.69, 9.17) is 10.8 Å². The molecule has 1 fully saturated rings. The van der Waals surface area contributed by atoms with Gasteiger partial charge in [-0.2, -0.15) is 0 Å². The number of nitrogens with two attached hydrogens (primary N) is 1. The van der Waals surface area contributed by atoms with E-state index in [-0.39, 0.29) is 0 Å². The fourth-order valence-corrected chi connectivity index (χ4v) is 2.09. The van der Waals surface area contributed by atoms with Crippen molar-refractivity contribution < 1.29 is 19.5 Å². The molecule has 1 heterocycles. The molecule has 0 aromatic heterocycles. The summed E-state index contributed by atoms with van der Waals surface area (Å²) in [6, 6.07) is -1.54. The second kappa shape index (κ2) is 6.40. The monoisotopic (exact) mass is 271 g/mol. The molecule has 3 atom stereocenters. The molecule has 0 aromatic rings. The lowest BCUT2D eigenvalue weighted by atomic mass is 10.0. The number of hydrogen-bond acceptors (Lipinski definition) is 3. The van der Waals surface area contributed by atoms with E-state index >= 15 is 0 Å².